The van der Waals surface area contributed by atoms with Crippen LogP contribution in [-0.4, -0.2) is 31.7 Å². The van der Waals surface area contributed by atoms with Gasteiger partial charge in [-0.1, -0.05) is 42.1 Å². The molecule has 1 aromatic carbocycles. The standard InChI is InChI=1S/C15H12N4O3S2/c20-11-6-12(21)18-15(17-11)24-8-13(22)19-14-16-10(7-23-14)9-4-2-1-3-5-9/h1-7H,8H2,(H,16,19,22)(H2,17,18,20,21). The number of amides is 1. The first-order valence-electron chi connectivity index (χ1n) is 6.84. The monoisotopic (exact) mass is 360 g/mol. The van der Waals surface area contributed by atoms with E-state index in [-0.39, 0.29) is 22.7 Å². The number of hydrogen-bond donors (Lipinski definition) is 3. The summed E-state index contributed by atoms with van der Waals surface area (Å²) in [4.78, 5) is 33.7. The summed E-state index contributed by atoms with van der Waals surface area (Å²) in [5.41, 5.74) is 1.30. The summed E-state index contributed by atoms with van der Waals surface area (Å²) in [7, 11) is 0. The first kappa shape index (κ1) is 16.2. The predicted octanol–water partition coefficient (Wildman–Crippen LogP) is 2.33. The van der Waals surface area contributed by atoms with Crippen LogP contribution in [-0.2, 0) is 4.79 Å². The van der Waals surface area contributed by atoms with E-state index in [0.29, 0.717) is 5.13 Å². The molecule has 0 saturated carbocycles. The Kier molecular flexibility index (Phi) is 4.92. The summed E-state index contributed by atoms with van der Waals surface area (Å²) < 4.78 is 0. The van der Waals surface area contributed by atoms with Crippen LogP contribution >= 0.6 is 23.1 Å². The first-order valence-corrected chi connectivity index (χ1v) is 8.70. The molecular weight excluding hydrogens is 348 g/mol. The van der Waals surface area contributed by atoms with Crippen molar-refractivity contribution < 1.29 is 9.90 Å². The highest BCUT2D eigenvalue weighted by Gasteiger charge is 2.10. The van der Waals surface area contributed by atoms with Crippen LogP contribution in [0.25, 0.3) is 11.3 Å². The molecule has 0 aliphatic heterocycles. The largest absolute Gasteiger partial charge is 0.493 e. The van der Waals surface area contributed by atoms with Gasteiger partial charge in [-0.15, -0.1) is 11.3 Å². The second-order valence-corrected chi connectivity index (χ2v) is 6.47. The molecule has 7 nitrogen and oxygen atoms in total. The zero-order valence-corrected chi connectivity index (χ0v) is 13.9. The van der Waals surface area contributed by atoms with Crippen molar-refractivity contribution in [1.29, 1.82) is 0 Å². The van der Waals surface area contributed by atoms with Crippen molar-refractivity contribution in [3.8, 4) is 17.1 Å². The molecule has 0 fully saturated rings. The summed E-state index contributed by atoms with van der Waals surface area (Å²) >= 11 is 2.35. The van der Waals surface area contributed by atoms with Gasteiger partial charge in [0.2, 0.25) is 11.8 Å². The summed E-state index contributed by atoms with van der Waals surface area (Å²) in [6.07, 6.45) is 0. The Morgan fingerprint density at radius 3 is 2.83 bits per heavy atom. The number of aromatic hydroxyl groups is 1. The van der Waals surface area contributed by atoms with Crippen molar-refractivity contribution in [2.24, 2.45) is 0 Å². The first-order chi connectivity index (χ1) is 11.6. The summed E-state index contributed by atoms with van der Waals surface area (Å²) in [5.74, 6) is -0.624. The van der Waals surface area contributed by atoms with E-state index < -0.39 is 5.56 Å². The highest BCUT2D eigenvalue weighted by molar-refractivity contribution is 7.99. The molecule has 0 aliphatic rings. The minimum absolute atomic E-state index is 0.0344. The number of thioether (sulfide) groups is 1. The van der Waals surface area contributed by atoms with Crippen LogP contribution in [0.1, 0.15) is 0 Å². The predicted molar refractivity (Wildman–Crippen MR) is 93.4 cm³/mol. The van der Waals surface area contributed by atoms with Gasteiger partial charge < -0.3 is 15.4 Å². The van der Waals surface area contributed by atoms with Gasteiger partial charge >= 0.3 is 0 Å². The number of nitrogens with zero attached hydrogens (tertiary/aromatic N) is 2. The molecule has 2 aromatic heterocycles. The maximum absolute atomic E-state index is 12.0. The van der Waals surface area contributed by atoms with E-state index in [1.54, 1.807) is 0 Å². The van der Waals surface area contributed by atoms with Gasteiger partial charge in [-0.05, 0) is 0 Å². The molecule has 3 N–H and O–H groups in total. The van der Waals surface area contributed by atoms with E-state index >= 15 is 0 Å². The van der Waals surface area contributed by atoms with Gasteiger partial charge in [0.05, 0.1) is 17.5 Å². The normalized spacial score (nSPS) is 10.5. The molecule has 3 rings (SSSR count). The number of carbonyl (C=O) groups excluding carboxylic acids is 1. The lowest BCUT2D eigenvalue weighted by Crippen LogP contribution is -2.15. The van der Waals surface area contributed by atoms with Crippen molar-refractivity contribution in [1.82, 2.24) is 15.0 Å². The highest BCUT2D eigenvalue weighted by atomic mass is 32.2. The Balaban J connectivity index is 1.59. The lowest BCUT2D eigenvalue weighted by molar-refractivity contribution is -0.113. The maximum atomic E-state index is 12.0. The van der Waals surface area contributed by atoms with Crippen LogP contribution in [0.15, 0.2) is 51.7 Å². The number of aromatic nitrogens is 3. The Labute approximate surface area is 144 Å². The van der Waals surface area contributed by atoms with Crippen molar-refractivity contribution in [3.63, 3.8) is 0 Å². The SMILES string of the molecule is O=C(CSc1nc(O)cc(=O)[nH]1)Nc1nc(-c2ccccc2)cs1. The van der Waals surface area contributed by atoms with E-state index in [4.69, 9.17) is 0 Å². The van der Waals surface area contributed by atoms with Crippen molar-refractivity contribution in [2.75, 3.05) is 11.1 Å². The summed E-state index contributed by atoms with van der Waals surface area (Å²) in [5, 5.41) is 14.5. The minimum atomic E-state index is -0.474. The smallest absolute Gasteiger partial charge is 0.255 e. The number of nitrogens with one attached hydrogen (secondary N) is 2. The molecule has 2 heterocycles. The van der Waals surface area contributed by atoms with Crippen molar-refractivity contribution in [2.45, 2.75) is 5.16 Å². The van der Waals surface area contributed by atoms with Crippen LogP contribution < -0.4 is 10.9 Å². The van der Waals surface area contributed by atoms with Crippen LogP contribution in [0.4, 0.5) is 5.13 Å². The molecule has 9 heteroatoms. The topological polar surface area (TPSA) is 108 Å². The number of aromatic amines is 1. The Morgan fingerprint density at radius 2 is 2.08 bits per heavy atom. The van der Waals surface area contributed by atoms with E-state index in [1.165, 1.54) is 11.3 Å². The molecule has 0 unspecified atom stereocenters. The second-order valence-electron chi connectivity index (χ2n) is 4.65. The van der Waals surface area contributed by atoms with Gasteiger partial charge in [-0.3, -0.25) is 9.59 Å². The fraction of sp³-hybridized carbons (Fsp3) is 0.0667. The summed E-state index contributed by atoms with van der Waals surface area (Å²) in [6.45, 7) is 0. The molecule has 0 bridgehead atoms. The fourth-order valence-electron chi connectivity index (χ4n) is 1.85. The third-order valence-electron chi connectivity index (χ3n) is 2.87. The summed E-state index contributed by atoms with van der Waals surface area (Å²) in [6, 6.07) is 10.6. The molecule has 0 radical (unpaired) electrons. The van der Waals surface area contributed by atoms with Gasteiger partial charge in [0.15, 0.2) is 10.3 Å². The highest BCUT2D eigenvalue weighted by Crippen LogP contribution is 2.24. The zero-order chi connectivity index (χ0) is 16.9. The second kappa shape index (κ2) is 7.28. The van der Waals surface area contributed by atoms with Gasteiger partial charge in [0.1, 0.15) is 0 Å². The molecule has 0 saturated heterocycles. The van der Waals surface area contributed by atoms with Crippen LogP contribution in [0, 0.1) is 0 Å². The molecular formula is C15H12N4O3S2. The van der Waals surface area contributed by atoms with E-state index in [9.17, 15) is 14.7 Å². The zero-order valence-electron chi connectivity index (χ0n) is 12.2. The van der Waals surface area contributed by atoms with Gasteiger partial charge in [0, 0.05) is 10.9 Å². The number of hydrogen-bond acceptors (Lipinski definition) is 7. The van der Waals surface area contributed by atoms with Gasteiger partial charge in [-0.25, -0.2) is 4.98 Å². The van der Waals surface area contributed by atoms with Gasteiger partial charge in [-0.2, -0.15) is 4.98 Å². The van der Waals surface area contributed by atoms with E-state index in [0.717, 1.165) is 29.1 Å². The van der Waals surface area contributed by atoms with Crippen molar-refractivity contribution in [3.05, 3.63) is 52.1 Å². The lowest BCUT2D eigenvalue weighted by atomic mass is 10.2. The molecule has 1 amide bonds. The lowest BCUT2D eigenvalue weighted by Gasteiger charge is -2.02. The van der Waals surface area contributed by atoms with Gasteiger partial charge in [0.25, 0.3) is 5.56 Å². The quantitative estimate of drug-likeness (QED) is 0.476. The number of carbonyl (C=O) groups is 1. The number of benzene rings is 1. The van der Waals surface area contributed by atoms with Crippen molar-refractivity contribution >= 4 is 34.1 Å². The average molecular weight is 360 g/mol. The number of rotatable bonds is 5. The van der Waals surface area contributed by atoms with E-state index in [2.05, 4.69) is 20.3 Å². The van der Waals surface area contributed by atoms with E-state index in [1.807, 2.05) is 35.7 Å². The molecule has 0 atom stereocenters. The average Bonchev–Trinajstić information content (AvgIpc) is 3.01. The van der Waals surface area contributed by atoms with Crippen LogP contribution in [0.2, 0.25) is 0 Å². The molecule has 24 heavy (non-hydrogen) atoms. The fourth-order valence-corrected chi connectivity index (χ4v) is 3.26. The van der Waals surface area contributed by atoms with Crippen LogP contribution in [0.5, 0.6) is 5.88 Å². The Bertz CT molecular complexity index is 908. The number of H-pyrrole nitrogens is 1. The molecule has 0 aliphatic carbocycles. The Morgan fingerprint density at radius 1 is 1.29 bits per heavy atom. The Hall–Kier alpha value is -2.65. The maximum Gasteiger partial charge on any atom is 0.255 e. The minimum Gasteiger partial charge on any atom is -0.493 e. The number of anilines is 1. The molecule has 3 aromatic rings. The third-order valence-corrected chi connectivity index (χ3v) is 4.50. The van der Waals surface area contributed by atoms with Crippen LogP contribution in [0.3, 0.4) is 0 Å². The molecule has 0 spiro atoms. The number of thiazole rings is 1. The third kappa shape index (κ3) is 4.21. The molecule has 122 valence electrons.